The van der Waals surface area contributed by atoms with E-state index in [0.717, 1.165) is 30.9 Å². The summed E-state index contributed by atoms with van der Waals surface area (Å²) in [5.41, 5.74) is 2.45. The maximum absolute atomic E-state index is 12.4. The summed E-state index contributed by atoms with van der Waals surface area (Å²) in [7, 11) is 0. The number of anilines is 1. The number of hydrogen-bond donors (Lipinski definition) is 2. The third kappa shape index (κ3) is 5.85. The summed E-state index contributed by atoms with van der Waals surface area (Å²) >= 11 is 1.43. The predicted molar refractivity (Wildman–Crippen MR) is 109 cm³/mol. The second-order valence-electron chi connectivity index (χ2n) is 7.16. The summed E-state index contributed by atoms with van der Waals surface area (Å²) in [5.74, 6) is -0.275. The van der Waals surface area contributed by atoms with Crippen LogP contribution in [0.15, 0.2) is 29.6 Å². The van der Waals surface area contributed by atoms with E-state index in [1.807, 2.05) is 17.5 Å². The van der Waals surface area contributed by atoms with E-state index in [-0.39, 0.29) is 24.0 Å². The average molecular weight is 403 g/mol. The van der Waals surface area contributed by atoms with Crippen LogP contribution >= 0.6 is 11.3 Å². The molecule has 7 nitrogen and oxygen atoms in total. The molecule has 1 aromatic carbocycles. The predicted octanol–water partition coefficient (Wildman–Crippen LogP) is 2.64. The van der Waals surface area contributed by atoms with Gasteiger partial charge >= 0.3 is 0 Å². The first kappa shape index (κ1) is 20.4. The van der Waals surface area contributed by atoms with Gasteiger partial charge in [0.2, 0.25) is 5.91 Å². The fraction of sp³-hybridized carbons (Fsp3) is 0.450. The molecule has 2 amide bonds. The molecule has 3 rings (SSSR count). The van der Waals surface area contributed by atoms with Crippen molar-refractivity contribution in [2.75, 3.05) is 18.4 Å². The van der Waals surface area contributed by atoms with Crippen LogP contribution in [0, 0.1) is 0 Å². The lowest BCUT2D eigenvalue weighted by atomic mass is 10.1. The molecule has 0 spiro atoms. The van der Waals surface area contributed by atoms with Crippen LogP contribution in [0.4, 0.5) is 5.13 Å². The maximum Gasteiger partial charge on any atom is 0.257 e. The summed E-state index contributed by atoms with van der Waals surface area (Å²) in [4.78, 5) is 30.3. The fourth-order valence-electron chi connectivity index (χ4n) is 3.25. The molecule has 1 aliphatic rings. The Labute approximate surface area is 169 Å². The smallest absolute Gasteiger partial charge is 0.257 e. The molecule has 150 valence electrons. The largest absolute Gasteiger partial charge is 0.373 e. The van der Waals surface area contributed by atoms with E-state index in [9.17, 15) is 9.59 Å². The van der Waals surface area contributed by atoms with Crippen molar-refractivity contribution in [2.24, 2.45) is 0 Å². The number of amides is 2. The number of morpholine rings is 1. The monoisotopic (exact) mass is 402 g/mol. The highest BCUT2D eigenvalue weighted by molar-refractivity contribution is 7.13. The van der Waals surface area contributed by atoms with Crippen molar-refractivity contribution in [3.05, 3.63) is 46.5 Å². The Bertz CT molecular complexity index is 811. The van der Waals surface area contributed by atoms with Crippen LogP contribution in [-0.2, 0) is 22.6 Å². The van der Waals surface area contributed by atoms with Crippen LogP contribution < -0.4 is 10.6 Å². The van der Waals surface area contributed by atoms with Gasteiger partial charge in [-0.15, -0.1) is 11.3 Å². The fourth-order valence-corrected chi connectivity index (χ4v) is 3.95. The van der Waals surface area contributed by atoms with E-state index >= 15 is 0 Å². The lowest BCUT2D eigenvalue weighted by Crippen LogP contribution is -2.44. The van der Waals surface area contributed by atoms with Crippen LogP contribution in [0.2, 0.25) is 0 Å². The lowest BCUT2D eigenvalue weighted by Gasteiger charge is -2.34. The van der Waals surface area contributed by atoms with Gasteiger partial charge in [0.05, 0.1) is 17.9 Å². The number of thiazole rings is 1. The number of hydrogen-bond acceptors (Lipinski definition) is 6. The molecule has 0 aliphatic carbocycles. The number of ether oxygens (including phenoxy) is 1. The van der Waals surface area contributed by atoms with Gasteiger partial charge in [-0.05, 0) is 31.5 Å². The summed E-state index contributed by atoms with van der Waals surface area (Å²) in [6.45, 7) is 8.61. The van der Waals surface area contributed by atoms with Crippen molar-refractivity contribution < 1.29 is 14.3 Å². The molecule has 0 bridgehead atoms. The van der Waals surface area contributed by atoms with Gasteiger partial charge in [0, 0.05) is 44.0 Å². The van der Waals surface area contributed by atoms with E-state index in [0.29, 0.717) is 17.2 Å². The van der Waals surface area contributed by atoms with Crippen molar-refractivity contribution in [3.8, 4) is 0 Å². The van der Waals surface area contributed by atoms with Crippen molar-refractivity contribution in [2.45, 2.75) is 46.1 Å². The molecule has 1 fully saturated rings. The second kappa shape index (κ2) is 9.27. The molecule has 2 aromatic rings. The Balaban J connectivity index is 1.54. The molecule has 2 heterocycles. The topological polar surface area (TPSA) is 83.6 Å². The standard InChI is InChI=1S/C20H26N4O3S/c1-13-9-24(10-14(2)27-13)11-18-12-28-20(22-18)23-19(26)17-6-4-16(5-7-17)8-21-15(3)25/h4-7,12-14H,8-11H2,1-3H3,(H,21,25)(H,22,23,26). The Kier molecular flexibility index (Phi) is 6.77. The minimum atomic E-state index is -0.194. The number of rotatable bonds is 6. The summed E-state index contributed by atoms with van der Waals surface area (Å²) < 4.78 is 5.76. The van der Waals surface area contributed by atoms with Gasteiger partial charge in [0.1, 0.15) is 0 Å². The molecule has 0 saturated carbocycles. The van der Waals surface area contributed by atoms with Crippen LogP contribution in [0.25, 0.3) is 0 Å². The van der Waals surface area contributed by atoms with E-state index in [2.05, 4.69) is 34.4 Å². The Morgan fingerprint density at radius 3 is 2.54 bits per heavy atom. The van der Waals surface area contributed by atoms with Crippen molar-refractivity contribution in [1.29, 1.82) is 0 Å². The molecule has 28 heavy (non-hydrogen) atoms. The van der Waals surface area contributed by atoms with Crippen LogP contribution in [0.1, 0.15) is 42.4 Å². The number of nitrogens with one attached hydrogen (secondary N) is 2. The van der Waals surface area contributed by atoms with Crippen LogP contribution in [-0.4, -0.2) is 47.0 Å². The van der Waals surface area contributed by atoms with Gasteiger partial charge in [0.25, 0.3) is 5.91 Å². The van der Waals surface area contributed by atoms with Gasteiger partial charge < -0.3 is 10.1 Å². The normalized spacial score (nSPS) is 20.0. The molecule has 2 unspecified atom stereocenters. The molecule has 1 aromatic heterocycles. The SMILES string of the molecule is CC(=O)NCc1ccc(C(=O)Nc2nc(CN3CC(C)OC(C)C3)cs2)cc1. The molecule has 0 radical (unpaired) electrons. The molecule has 1 aliphatic heterocycles. The van der Waals surface area contributed by atoms with E-state index in [4.69, 9.17) is 4.74 Å². The van der Waals surface area contributed by atoms with Crippen LogP contribution in [0.3, 0.4) is 0 Å². The van der Waals surface area contributed by atoms with E-state index in [1.54, 1.807) is 12.1 Å². The van der Waals surface area contributed by atoms with Crippen molar-refractivity contribution >= 4 is 28.3 Å². The van der Waals surface area contributed by atoms with E-state index < -0.39 is 0 Å². The number of carbonyl (C=O) groups excluding carboxylic acids is 2. The molecule has 2 N–H and O–H groups in total. The Morgan fingerprint density at radius 1 is 1.21 bits per heavy atom. The highest BCUT2D eigenvalue weighted by atomic mass is 32.1. The highest BCUT2D eigenvalue weighted by Gasteiger charge is 2.22. The molecule has 2 atom stereocenters. The number of nitrogens with zero attached hydrogens (tertiary/aromatic N) is 2. The minimum absolute atomic E-state index is 0.0811. The first-order valence-corrected chi connectivity index (χ1v) is 10.2. The molecular formula is C20H26N4O3S. The number of aromatic nitrogens is 1. The molecule has 1 saturated heterocycles. The van der Waals surface area contributed by atoms with E-state index in [1.165, 1.54) is 18.3 Å². The zero-order valence-electron chi connectivity index (χ0n) is 16.4. The Morgan fingerprint density at radius 2 is 1.89 bits per heavy atom. The molecule has 8 heteroatoms. The van der Waals surface area contributed by atoms with Gasteiger partial charge in [0.15, 0.2) is 5.13 Å². The van der Waals surface area contributed by atoms with Crippen molar-refractivity contribution in [1.82, 2.24) is 15.2 Å². The third-order valence-corrected chi connectivity index (χ3v) is 5.22. The first-order chi connectivity index (χ1) is 13.4. The minimum Gasteiger partial charge on any atom is -0.373 e. The first-order valence-electron chi connectivity index (χ1n) is 9.36. The third-order valence-electron chi connectivity index (χ3n) is 4.41. The van der Waals surface area contributed by atoms with Gasteiger partial charge in [-0.1, -0.05) is 12.1 Å². The average Bonchev–Trinajstić information content (AvgIpc) is 3.06. The lowest BCUT2D eigenvalue weighted by molar-refractivity contribution is -0.119. The summed E-state index contributed by atoms with van der Waals surface area (Å²) in [6.07, 6.45) is 0.436. The summed E-state index contributed by atoms with van der Waals surface area (Å²) in [6, 6.07) is 7.16. The Hall–Kier alpha value is -2.29. The quantitative estimate of drug-likeness (QED) is 0.776. The zero-order valence-corrected chi connectivity index (χ0v) is 17.2. The molecular weight excluding hydrogens is 376 g/mol. The van der Waals surface area contributed by atoms with Gasteiger partial charge in [-0.2, -0.15) is 0 Å². The number of carbonyl (C=O) groups is 2. The maximum atomic E-state index is 12.4. The van der Waals surface area contributed by atoms with Gasteiger partial charge in [-0.3, -0.25) is 19.8 Å². The van der Waals surface area contributed by atoms with Gasteiger partial charge in [-0.25, -0.2) is 4.98 Å². The second-order valence-corrected chi connectivity index (χ2v) is 8.01. The highest BCUT2D eigenvalue weighted by Crippen LogP contribution is 2.20. The van der Waals surface area contributed by atoms with Crippen molar-refractivity contribution in [3.63, 3.8) is 0 Å². The summed E-state index contributed by atoms with van der Waals surface area (Å²) in [5, 5.41) is 8.17. The number of benzene rings is 1. The zero-order chi connectivity index (χ0) is 20.1. The van der Waals surface area contributed by atoms with Crippen LogP contribution in [0.5, 0.6) is 0 Å².